The third-order valence-electron chi connectivity index (χ3n) is 10.2. The lowest BCUT2D eigenvalue weighted by molar-refractivity contribution is 0.594. The molecule has 0 atom stereocenters. The van der Waals surface area contributed by atoms with Gasteiger partial charge in [0.15, 0.2) is 0 Å². The summed E-state index contributed by atoms with van der Waals surface area (Å²) in [4.78, 5) is 12.0. The lowest BCUT2D eigenvalue weighted by Gasteiger charge is -2.18. The second-order valence-corrected chi connectivity index (χ2v) is 14.2. The highest BCUT2D eigenvalue weighted by atomic mass is 15.3. The molecule has 9 rings (SSSR count). The summed E-state index contributed by atoms with van der Waals surface area (Å²) in [5.41, 5.74) is 9.64. The van der Waals surface area contributed by atoms with E-state index in [2.05, 4.69) is 66.7 Å². The molecular weight excluding hydrogens is 823 g/mol. The summed E-state index contributed by atoms with van der Waals surface area (Å²) in [5.74, 6) is 0. The van der Waals surface area contributed by atoms with Crippen molar-refractivity contribution in [3.05, 3.63) is 250 Å². The van der Waals surface area contributed by atoms with E-state index >= 15 is 0 Å². The van der Waals surface area contributed by atoms with Gasteiger partial charge in [-0.15, -0.1) is 0 Å². The maximum Gasteiger partial charge on any atom is 0.137 e. The minimum atomic E-state index is -0.150. The lowest BCUT2D eigenvalue weighted by atomic mass is 9.97. The second-order valence-electron chi connectivity index (χ2n) is 14.2. The first kappa shape index (κ1) is 43.8. The van der Waals surface area contributed by atoms with Crippen LogP contribution in [-0.2, 0) is 0 Å². The molecule has 0 aliphatic carbocycles. The van der Waals surface area contributed by atoms with E-state index in [-0.39, 0.29) is 18.1 Å². The van der Waals surface area contributed by atoms with E-state index in [1.165, 1.54) is 19.0 Å². The number of nitriles is 6. The zero-order valence-electron chi connectivity index (χ0n) is 34.8. The van der Waals surface area contributed by atoms with Crippen LogP contribution in [0.1, 0.15) is 84.9 Å². The lowest BCUT2D eigenvalue weighted by Crippen LogP contribution is -2.13. The van der Waals surface area contributed by atoms with Gasteiger partial charge in [-0.3, -0.25) is 0 Å². The Kier molecular flexibility index (Phi) is 14.2. The predicted molar refractivity (Wildman–Crippen MR) is 239 cm³/mol. The molecular formula is C51H33N15. The molecule has 6 aromatic carbocycles. The van der Waals surface area contributed by atoms with E-state index in [1.807, 2.05) is 72.8 Å². The number of rotatable bonds is 9. The Morgan fingerprint density at radius 1 is 0.273 bits per heavy atom. The fraction of sp³-hybridized carbons (Fsp3) is 0.0588. The quantitative estimate of drug-likeness (QED) is 0.134. The molecule has 0 unspecified atom stereocenters. The van der Waals surface area contributed by atoms with Crippen molar-refractivity contribution in [1.82, 2.24) is 44.3 Å². The highest BCUT2D eigenvalue weighted by Gasteiger charge is 2.20. The summed E-state index contributed by atoms with van der Waals surface area (Å²) in [5, 5.41) is 66.2. The van der Waals surface area contributed by atoms with E-state index in [9.17, 15) is 0 Å². The van der Waals surface area contributed by atoms with Crippen molar-refractivity contribution in [2.75, 3.05) is 0 Å². The van der Waals surface area contributed by atoms with Crippen molar-refractivity contribution in [1.29, 1.82) is 31.6 Å². The number of nitrogens with zero attached hydrogens (tertiary/aromatic N) is 15. The van der Waals surface area contributed by atoms with Crippen LogP contribution >= 0.6 is 0 Å². The minimum absolute atomic E-state index is 0.150. The first-order valence-corrected chi connectivity index (χ1v) is 20.0. The molecule has 0 radical (unpaired) electrons. The van der Waals surface area contributed by atoms with Gasteiger partial charge in [0.1, 0.15) is 56.1 Å². The maximum atomic E-state index is 8.92. The van der Waals surface area contributed by atoms with Crippen LogP contribution < -0.4 is 0 Å². The van der Waals surface area contributed by atoms with Crippen molar-refractivity contribution in [2.24, 2.45) is 0 Å². The summed E-state index contributed by atoms with van der Waals surface area (Å²) in [6.45, 7) is 0. The molecule has 0 saturated carbocycles. The van der Waals surface area contributed by atoms with Crippen LogP contribution in [-0.4, -0.2) is 44.3 Å². The first-order chi connectivity index (χ1) is 32.4. The predicted octanol–water partition coefficient (Wildman–Crippen LogP) is 7.98. The topological polar surface area (TPSA) is 235 Å². The van der Waals surface area contributed by atoms with Crippen LogP contribution in [0, 0.1) is 68.0 Å². The van der Waals surface area contributed by atoms with Crippen molar-refractivity contribution in [3.8, 4) is 36.4 Å². The van der Waals surface area contributed by atoms with Crippen LogP contribution in [0.15, 0.2) is 184 Å². The van der Waals surface area contributed by atoms with Crippen LogP contribution in [0.25, 0.3) is 0 Å². The van der Waals surface area contributed by atoms with E-state index < -0.39 is 0 Å². The summed E-state index contributed by atoms with van der Waals surface area (Å²) < 4.78 is 5.26. The number of hydrogen-bond donors (Lipinski definition) is 0. The van der Waals surface area contributed by atoms with Gasteiger partial charge in [0.25, 0.3) is 0 Å². The smallest absolute Gasteiger partial charge is 0.137 e. The zero-order valence-corrected chi connectivity index (χ0v) is 34.8. The largest absolute Gasteiger partial charge is 0.241 e. The Balaban J connectivity index is 0.000000147. The van der Waals surface area contributed by atoms with Crippen molar-refractivity contribution < 1.29 is 0 Å². The van der Waals surface area contributed by atoms with Gasteiger partial charge >= 0.3 is 0 Å². The first-order valence-electron chi connectivity index (χ1n) is 20.0. The molecule has 15 nitrogen and oxygen atoms in total. The van der Waals surface area contributed by atoms with E-state index in [0.717, 1.165) is 33.4 Å². The van der Waals surface area contributed by atoms with Crippen LogP contribution in [0.3, 0.4) is 0 Å². The maximum absolute atomic E-state index is 8.92. The average molecular weight is 856 g/mol. The third-order valence-corrected chi connectivity index (χ3v) is 10.2. The fourth-order valence-corrected chi connectivity index (χ4v) is 6.99. The normalized spacial score (nSPS) is 10.1. The molecule has 3 heterocycles. The Morgan fingerprint density at radius 2 is 0.439 bits per heavy atom. The third kappa shape index (κ3) is 10.6. The highest BCUT2D eigenvalue weighted by molar-refractivity contribution is 5.43. The summed E-state index contributed by atoms with van der Waals surface area (Å²) in [6, 6.07) is 56.5. The van der Waals surface area contributed by atoms with E-state index in [4.69, 9.17) is 31.6 Å². The second kappa shape index (κ2) is 21.5. The van der Waals surface area contributed by atoms with Crippen molar-refractivity contribution in [3.63, 3.8) is 0 Å². The molecule has 312 valence electrons. The van der Waals surface area contributed by atoms with Gasteiger partial charge in [-0.05, 0) is 106 Å². The SMILES string of the molecule is N#Cc1ccc(C(c2ccc(C#N)cc2)n2cncn2)cc1.N#Cc1ccc(C(c2ccc(C#N)cc2)n2cncn2)cc1.N#Cc1ccc(C(c2ccc(C#N)cc2)n2cncn2)cc1. The minimum Gasteiger partial charge on any atom is -0.241 e. The molecule has 15 heteroatoms. The molecule has 0 bridgehead atoms. The van der Waals surface area contributed by atoms with E-state index in [0.29, 0.717) is 33.4 Å². The number of benzene rings is 6. The average Bonchev–Trinajstić information content (AvgIpc) is 4.23. The van der Waals surface area contributed by atoms with Crippen LogP contribution in [0.5, 0.6) is 0 Å². The van der Waals surface area contributed by atoms with Gasteiger partial charge in [-0.2, -0.15) is 46.9 Å². The standard InChI is InChI=1S/3C17H11N5/c3*18-9-13-1-5-15(6-2-13)17(22-12-20-11-21-22)16-7-3-14(10-19)4-8-16/h3*1-8,11-12,17H. The van der Waals surface area contributed by atoms with Crippen molar-refractivity contribution >= 4 is 0 Å². The molecule has 9 aromatic rings. The van der Waals surface area contributed by atoms with Crippen molar-refractivity contribution in [2.45, 2.75) is 18.1 Å². The van der Waals surface area contributed by atoms with Gasteiger partial charge in [-0.25, -0.2) is 29.0 Å². The highest BCUT2D eigenvalue weighted by Crippen LogP contribution is 2.29. The number of hydrogen-bond acceptors (Lipinski definition) is 12. The van der Waals surface area contributed by atoms with Gasteiger partial charge in [0.2, 0.25) is 0 Å². The molecule has 0 amide bonds. The van der Waals surface area contributed by atoms with Gasteiger partial charge < -0.3 is 0 Å². The molecule has 3 aromatic heterocycles. The fourth-order valence-electron chi connectivity index (χ4n) is 6.99. The Labute approximate surface area is 379 Å². The summed E-state index contributed by atoms with van der Waals surface area (Å²) in [6.07, 6.45) is 9.42. The monoisotopic (exact) mass is 855 g/mol. The van der Waals surface area contributed by atoms with Gasteiger partial charge in [0, 0.05) is 0 Å². The van der Waals surface area contributed by atoms with E-state index in [1.54, 1.807) is 106 Å². The van der Waals surface area contributed by atoms with Crippen LogP contribution in [0.4, 0.5) is 0 Å². The molecule has 0 spiro atoms. The molecule has 0 fully saturated rings. The Morgan fingerprint density at radius 3 is 0.561 bits per heavy atom. The summed E-state index contributed by atoms with van der Waals surface area (Å²) >= 11 is 0. The molecule has 0 aliphatic heterocycles. The molecule has 0 N–H and O–H groups in total. The van der Waals surface area contributed by atoms with Crippen LogP contribution in [0.2, 0.25) is 0 Å². The zero-order chi connectivity index (χ0) is 46.1. The van der Waals surface area contributed by atoms with Gasteiger partial charge in [-0.1, -0.05) is 72.8 Å². The number of aromatic nitrogens is 9. The van der Waals surface area contributed by atoms with Gasteiger partial charge in [0.05, 0.1) is 69.8 Å². The molecule has 0 aliphatic rings. The molecule has 66 heavy (non-hydrogen) atoms. The Hall–Kier alpha value is -10.3. The Bertz CT molecular complexity index is 2680. The summed E-state index contributed by atoms with van der Waals surface area (Å²) in [7, 11) is 0. The molecule has 0 saturated heterocycles.